The molecule has 0 amide bonds. The van der Waals surface area contributed by atoms with E-state index in [9.17, 15) is 4.39 Å². The summed E-state index contributed by atoms with van der Waals surface area (Å²) in [6, 6.07) is 6.00. The Morgan fingerprint density at radius 1 is 1.14 bits per heavy atom. The number of hydrogen-bond acceptors (Lipinski definition) is 2. The molecule has 0 bridgehead atoms. The molecule has 1 N–H and O–H groups in total. The van der Waals surface area contributed by atoms with Crippen molar-refractivity contribution in [1.82, 2.24) is 10.2 Å². The fraction of sp³-hybridized carbons (Fsp3) is 0.647. The van der Waals surface area contributed by atoms with Crippen molar-refractivity contribution in [2.24, 2.45) is 5.92 Å². The maximum Gasteiger partial charge on any atom is 0.142 e. The van der Waals surface area contributed by atoms with Crippen molar-refractivity contribution in [2.75, 3.05) is 26.2 Å². The van der Waals surface area contributed by atoms with E-state index < -0.39 is 0 Å². The zero-order valence-corrected chi connectivity index (χ0v) is 14.0. The Balaban J connectivity index is 1.91. The molecule has 1 aliphatic heterocycles. The molecule has 0 spiro atoms. The second-order valence-electron chi connectivity index (χ2n) is 6.27. The molecule has 0 aromatic heterocycles. The monoisotopic (exact) mass is 354 g/mol. The lowest BCUT2D eigenvalue weighted by Crippen LogP contribution is -2.47. The summed E-state index contributed by atoms with van der Waals surface area (Å²) < 4.78 is 15.3. The summed E-state index contributed by atoms with van der Waals surface area (Å²) in [5, 5.41) is 3.41. The van der Waals surface area contributed by atoms with Crippen LogP contribution in [0.1, 0.15) is 43.7 Å². The molecular weight excluding hydrogens is 331 g/mol. The Morgan fingerprint density at radius 3 is 2.57 bits per heavy atom. The third-order valence-electron chi connectivity index (χ3n) is 4.94. The lowest BCUT2D eigenvalue weighted by molar-refractivity contribution is 0.100. The van der Waals surface area contributed by atoms with Gasteiger partial charge >= 0.3 is 0 Å². The van der Waals surface area contributed by atoms with Crippen LogP contribution in [0, 0.1) is 11.7 Å². The van der Waals surface area contributed by atoms with Crippen LogP contribution in [0.2, 0.25) is 0 Å². The molecule has 2 fully saturated rings. The highest BCUT2D eigenvalue weighted by atomic mass is 79.9. The topological polar surface area (TPSA) is 15.3 Å². The van der Waals surface area contributed by atoms with Crippen molar-refractivity contribution >= 4 is 15.9 Å². The summed E-state index contributed by atoms with van der Waals surface area (Å²) in [7, 11) is 0. The van der Waals surface area contributed by atoms with E-state index in [-0.39, 0.29) is 11.9 Å². The highest BCUT2D eigenvalue weighted by Crippen LogP contribution is 2.40. The lowest BCUT2D eigenvalue weighted by atomic mass is 9.80. The van der Waals surface area contributed by atoms with Crippen molar-refractivity contribution in [2.45, 2.75) is 38.1 Å². The molecule has 1 atom stereocenters. The van der Waals surface area contributed by atoms with Gasteiger partial charge < -0.3 is 5.32 Å². The highest BCUT2D eigenvalue weighted by molar-refractivity contribution is 9.10. The van der Waals surface area contributed by atoms with E-state index in [1.807, 2.05) is 12.1 Å². The largest absolute Gasteiger partial charge is 0.314 e. The third kappa shape index (κ3) is 3.49. The predicted octanol–water partition coefficient (Wildman–Crippen LogP) is 4.11. The van der Waals surface area contributed by atoms with Crippen LogP contribution in [0.4, 0.5) is 4.39 Å². The third-order valence-corrected chi connectivity index (χ3v) is 5.55. The van der Waals surface area contributed by atoms with E-state index in [0.717, 1.165) is 31.7 Å². The van der Waals surface area contributed by atoms with Crippen LogP contribution >= 0.6 is 15.9 Å². The molecule has 0 radical (unpaired) electrons. The van der Waals surface area contributed by atoms with Crippen LogP contribution in [-0.2, 0) is 0 Å². The van der Waals surface area contributed by atoms with E-state index in [2.05, 4.69) is 26.1 Å². The molecule has 116 valence electrons. The molecular formula is C17H24BrFN2. The second kappa shape index (κ2) is 7.21. The Hall–Kier alpha value is -0.450. The van der Waals surface area contributed by atoms with Gasteiger partial charge in [-0.25, -0.2) is 4.39 Å². The Labute approximate surface area is 135 Å². The van der Waals surface area contributed by atoms with Gasteiger partial charge in [-0.2, -0.15) is 0 Å². The lowest BCUT2D eigenvalue weighted by Gasteiger charge is -2.41. The molecule has 0 unspecified atom stereocenters. The first-order valence-electron chi connectivity index (χ1n) is 8.16. The number of rotatable bonds is 3. The van der Waals surface area contributed by atoms with Gasteiger partial charge in [-0.05, 0) is 40.8 Å². The first-order chi connectivity index (χ1) is 10.3. The summed E-state index contributed by atoms with van der Waals surface area (Å²) in [6.07, 6.45) is 6.40. The van der Waals surface area contributed by atoms with Crippen LogP contribution in [0.25, 0.3) is 0 Å². The van der Waals surface area contributed by atoms with Crippen molar-refractivity contribution in [3.8, 4) is 0 Å². The van der Waals surface area contributed by atoms with Gasteiger partial charge in [0.1, 0.15) is 5.82 Å². The molecule has 4 heteroatoms. The molecule has 1 saturated heterocycles. The number of nitrogens with zero attached hydrogens (tertiary/aromatic N) is 1. The highest BCUT2D eigenvalue weighted by Gasteiger charge is 2.32. The van der Waals surface area contributed by atoms with E-state index in [0.29, 0.717) is 10.4 Å². The maximum absolute atomic E-state index is 14.7. The van der Waals surface area contributed by atoms with E-state index in [1.54, 1.807) is 6.07 Å². The van der Waals surface area contributed by atoms with E-state index >= 15 is 0 Å². The number of piperazine rings is 1. The first kappa shape index (κ1) is 15.4. The van der Waals surface area contributed by atoms with Crippen molar-refractivity contribution < 1.29 is 4.39 Å². The molecule has 1 aromatic carbocycles. The average molecular weight is 355 g/mol. The van der Waals surface area contributed by atoms with Crippen LogP contribution in [0.15, 0.2) is 22.7 Å². The van der Waals surface area contributed by atoms with Crippen LogP contribution in [0.3, 0.4) is 0 Å². The van der Waals surface area contributed by atoms with E-state index in [1.165, 1.54) is 32.1 Å². The molecule has 1 aliphatic carbocycles. The molecule has 3 rings (SSSR count). The minimum Gasteiger partial charge on any atom is -0.314 e. The molecule has 1 aromatic rings. The summed E-state index contributed by atoms with van der Waals surface area (Å²) >= 11 is 3.36. The smallest absolute Gasteiger partial charge is 0.142 e. The Morgan fingerprint density at radius 2 is 1.86 bits per heavy atom. The minimum absolute atomic E-state index is 0.0633. The molecule has 21 heavy (non-hydrogen) atoms. The Bertz CT molecular complexity index is 450. The van der Waals surface area contributed by atoms with Crippen molar-refractivity contribution in [1.29, 1.82) is 0 Å². The fourth-order valence-electron chi connectivity index (χ4n) is 3.91. The van der Waals surface area contributed by atoms with Gasteiger partial charge in [-0.1, -0.05) is 31.4 Å². The van der Waals surface area contributed by atoms with Gasteiger partial charge in [0.05, 0.1) is 4.47 Å². The van der Waals surface area contributed by atoms with Gasteiger partial charge in [0, 0.05) is 37.8 Å². The van der Waals surface area contributed by atoms with Crippen molar-refractivity contribution in [3.05, 3.63) is 34.1 Å². The number of nitrogens with one attached hydrogen (secondary N) is 1. The fourth-order valence-corrected chi connectivity index (χ4v) is 4.29. The zero-order chi connectivity index (χ0) is 14.7. The SMILES string of the molecule is Fc1c(Br)cccc1[C@H](C1CCCCC1)N1CCNCC1. The summed E-state index contributed by atoms with van der Waals surface area (Å²) in [4.78, 5) is 2.50. The van der Waals surface area contributed by atoms with Gasteiger partial charge in [-0.15, -0.1) is 0 Å². The molecule has 1 heterocycles. The standard InChI is InChI=1S/C17H24BrFN2/c18-15-8-4-7-14(16(15)19)17(13-5-2-1-3-6-13)21-11-9-20-10-12-21/h4,7-8,13,17,20H,1-3,5-6,9-12H2/t17-/m0/s1. The van der Waals surface area contributed by atoms with Gasteiger partial charge in [0.2, 0.25) is 0 Å². The predicted molar refractivity (Wildman–Crippen MR) is 87.9 cm³/mol. The first-order valence-corrected chi connectivity index (χ1v) is 8.95. The number of benzene rings is 1. The maximum atomic E-state index is 14.7. The van der Waals surface area contributed by atoms with Gasteiger partial charge in [-0.3, -0.25) is 4.90 Å². The minimum atomic E-state index is -0.0633. The summed E-state index contributed by atoms with van der Waals surface area (Å²) in [6.45, 7) is 4.07. The molecule has 1 saturated carbocycles. The summed E-state index contributed by atoms with van der Waals surface area (Å²) in [5.41, 5.74) is 0.887. The summed E-state index contributed by atoms with van der Waals surface area (Å²) in [5.74, 6) is 0.534. The zero-order valence-electron chi connectivity index (χ0n) is 12.5. The van der Waals surface area contributed by atoms with Crippen LogP contribution < -0.4 is 5.32 Å². The van der Waals surface area contributed by atoms with Gasteiger partial charge in [0.25, 0.3) is 0 Å². The van der Waals surface area contributed by atoms with Crippen LogP contribution in [0.5, 0.6) is 0 Å². The number of hydrogen-bond donors (Lipinski definition) is 1. The quantitative estimate of drug-likeness (QED) is 0.878. The molecule has 2 aliphatic rings. The average Bonchev–Trinajstić information content (AvgIpc) is 2.54. The van der Waals surface area contributed by atoms with Crippen molar-refractivity contribution in [3.63, 3.8) is 0 Å². The van der Waals surface area contributed by atoms with E-state index in [4.69, 9.17) is 0 Å². The second-order valence-corrected chi connectivity index (χ2v) is 7.13. The van der Waals surface area contributed by atoms with Gasteiger partial charge in [0.15, 0.2) is 0 Å². The molecule has 2 nitrogen and oxygen atoms in total. The number of halogens is 2. The Kier molecular flexibility index (Phi) is 5.30. The van der Waals surface area contributed by atoms with Crippen LogP contribution in [-0.4, -0.2) is 31.1 Å². The normalized spacial score (nSPS) is 23.1.